The van der Waals surface area contributed by atoms with Crippen LogP contribution in [-0.4, -0.2) is 15.5 Å². The minimum atomic E-state index is -3.94. The Balaban J connectivity index is 2.29. The van der Waals surface area contributed by atoms with Crippen LogP contribution in [0.4, 0.5) is 10.1 Å². The Kier molecular flexibility index (Phi) is 4.36. The van der Waals surface area contributed by atoms with Gasteiger partial charge < -0.3 is 4.74 Å². The van der Waals surface area contributed by atoms with Gasteiger partial charge in [-0.1, -0.05) is 24.3 Å². The first-order chi connectivity index (χ1) is 9.53. The van der Waals surface area contributed by atoms with Gasteiger partial charge in [0.15, 0.2) is 0 Å². The molecule has 0 saturated carbocycles. The van der Waals surface area contributed by atoms with E-state index in [0.717, 1.165) is 11.6 Å². The summed E-state index contributed by atoms with van der Waals surface area (Å²) in [5.41, 5.74) is 1.18. The number of anilines is 1. The van der Waals surface area contributed by atoms with E-state index in [2.05, 4.69) is 4.72 Å². The second-order valence-corrected chi connectivity index (χ2v) is 5.82. The summed E-state index contributed by atoms with van der Waals surface area (Å²) in [4.78, 5) is -0.378. The molecular formula is C14H14FNO3S. The summed E-state index contributed by atoms with van der Waals surface area (Å²) in [6, 6.07) is 12.0. The minimum absolute atomic E-state index is 0.364. The van der Waals surface area contributed by atoms with Gasteiger partial charge in [-0.25, -0.2) is 12.8 Å². The van der Waals surface area contributed by atoms with Crippen molar-refractivity contribution in [3.63, 3.8) is 0 Å². The highest BCUT2D eigenvalue weighted by molar-refractivity contribution is 7.92. The SMILES string of the molecule is COCc1cccc(NS(=O)(=O)c2ccccc2F)c1. The van der Waals surface area contributed by atoms with E-state index in [1.807, 2.05) is 6.07 Å². The molecule has 0 aliphatic carbocycles. The quantitative estimate of drug-likeness (QED) is 0.923. The molecule has 6 heteroatoms. The topological polar surface area (TPSA) is 55.4 Å². The maximum Gasteiger partial charge on any atom is 0.264 e. The molecule has 2 aromatic carbocycles. The van der Waals surface area contributed by atoms with Gasteiger partial charge in [-0.3, -0.25) is 4.72 Å². The van der Waals surface area contributed by atoms with Crippen molar-refractivity contribution in [1.29, 1.82) is 0 Å². The molecule has 0 aliphatic heterocycles. The van der Waals surface area contributed by atoms with Gasteiger partial charge in [0.25, 0.3) is 10.0 Å². The Labute approximate surface area is 117 Å². The summed E-state index contributed by atoms with van der Waals surface area (Å²) in [5.74, 6) is -0.784. The van der Waals surface area contributed by atoms with Crippen LogP contribution in [-0.2, 0) is 21.4 Å². The molecule has 0 fully saturated rings. The Morgan fingerprint density at radius 1 is 1.15 bits per heavy atom. The Bertz CT molecular complexity index is 701. The first-order valence-electron chi connectivity index (χ1n) is 5.88. The molecule has 4 nitrogen and oxygen atoms in total. The number of benzene rings is 2. The number of hydrogen-bond donors (Lipinski definition) is 1. The zero-order valence-corrected chi connectivity index (χ0v) is 11.7. The molecule has 0 unspecified atom stereocenters. The normalized spacial score (nSPS) is 11.3. The van der Waals surface area contributed by atoms with Crippen molar-refractivity contribution in [2.24, 2.45) is 0 Å². The summed E-state index contributed by atoms with van der Waals surface area (Å²) in [5, 5.41) is 0. The molecule has 0 radical (unpaired) electrons. The lowest BCUT2D eigenvalue weighted by Crippen LogP contribution is -2.14. The molecule has 2 aromatic rings. The Hall–Kier alpha value is -1.92. The maximum absolute atomic E-state index is 13.5. The number of halogens is 1. The van der Waals surface area contributed by atoms with Crippen molar-refractivity contribution in [3.05, 3.63) is 59.9 Å². The fourth-order valence-electron chi connectivity index (χ4n) is 1.76. The molecule has 0 heterocycles. The van der Waals surface area contributed by atoms with Crippen LogP contribution in [0.5, 0.6) is 0 Å². The zero-order valence-electron chi connectivity index (χ0n) is 10.8. The zero-order chi connectivity index (χ0) is 14.6. The average Bonchev–Trinajstić information content (AvgIpc) is 2.39. The van der Waals surface area contributed by atoms with Crippen molar-refractivity contribution in [1.82, 2.24) is 0 Å². The second-order valence-electron chi connectivity index (χ2n) is 4.17. The van der Waals surface area contributed by atoms with Crippen LogP contribution >= 0.6 is 0 Å². The second kappa shape index (κ2) is 6.02. The van der Waals surface area contributed by atoms with Gasteiger partial charge in [0.05, 0.1) is 6.61 Å². The standard InChI is InChI=1S/C14H14FNO3S/c1-19-10-11-5-4-6-12(9-11)16-20(17,18)14-8-3-2-7-13(14)15/h2-9,16H,10H2,1H3. The number of hydrogen-bond acceptors (Lipinski definition) is 3. The van der Waals surface area contributed by atoms with Crippen LogP contribution in [0, 0.1) is 5.82 Å². The van der Waals surface area contributed by atoms with E-state index in [9.17, 15) is 12.8 Å². The highest BCUT2D eigenvalue weighted by Crippen LogP contribution is 2.19. The number of ether oxygens (including phenoxy) is 1. The van der Waals surface area contributed by atoms with Gasteiger partial charge >= 0.3 is 0 Å². The summed E-state index contributed by atoms with van der Waals surface area (Å²) in [7, 11) is -2.39. The van der Waals surface area contributed by atoms with E-state index in [4.69, 9.17) is 4.74 Å². The minimum Gasteiger partial charge on any atom is -0.380 e. The molecular weight excluding hydrogens is 281 g/mol. The summed E-state index contributed by atoms with van der Waals surface area (Å²) >= 11 is 0. The lowest BCUT2D eigenvalue weighted by atomic mass is 10.2. The highest BCUT2D eigenvalue weighted by Gasteiger charge is 2.18. The molecule has 106 valence electrons. The molecule has 0 aromatic heterocycles. The number of nitrogens with one attached hydrogen (secondary N) is 1. The molecule has 1 N–H and O–H groups in total. The number of sulfonamides is 1. The smallest absolute Gasteiger partial charge is 0.264 e. The van der Waals surface area contributed by atoms with E-state index in [0.29, 0.717) is 12.3 Å². The van der Waals surface area contributed by atoms with E-state index in [1.54, 1.807) is 25.3 Å². The lowest BCUT2D eigenvalue weighted by Gasteiger charge is -2.10. The van der Waals surface area contributed by atoms with E-state index < -0.39 is 15.8 Å². The highest BCUT2D eigenvalue weighted by atomic mass is 32.2. The summed E-state index contributed by atoms with van der Waals surface area (Å²) < 4.78 is 45.1. The van der Waals surface area contributed by atoms with E-state index in [1.165, 1.54) is 18.2 Å². The van der Waals surface area contributed by atoms with E-state index in [-0.39, 0.29) is 4.90 Å². The van der Waals surface area contributed by atoms with Crippen LogP contribution in [0.1, 0.15) is 5.56 Å². The van der Waals surface area contributed by atoms with Crippen LogP contribution in [0.2, 0.25) is 0 Å². The molecule has 2 rings (SSSR count). The van der Waals surface area contributed by atoms with Gasteiger partial charge in [0, 0.05) is 12.8 Å². The van der Waals surface area contributed by atoms with Crippen molar-refractivity contribution < 1.29 is 17.5 Å². The van der Waals surface area contributed by atoms with Gasteiger partial charge in [-0.15, -0.1) is 0 Å². The van der Waals surface area contributed by atoms with E-state index >= 15 is 0 Å². The molecule has 0 amide bonds. The van der Waals surface area contributed by atoms with Crippen LogP contribution < -0.4 is 4.72 Å². The molecule has 0 spiro atoms. The lowest BCUT2D eigenvalue weighted by molar-refractivity contribution is 0.185. The van der Waals surface area contributed by atoms with Crippen molar-refractivity contribution in [2.45, 2.75) is 11.5 Å². The predicted molar refractivity (Wildman–Crippen MR) is 74.4 cm³/mol. The molecule has 20 heavy (non-hydrogen) atoms. The fourth-order valence-corrected chi connectivity index (χ4v) is 2.89. The maximum atomic E-state index is 13.5. The largest absolute Gasteiger partial charge is 0.380 e. The predicted octanol–water partition coefficient (Wildman–Crippen LogP) is 2.77. The van der Waals surface area contributed by atoms with Gasteiger partial charge in [0.2, 0.25) is 0 Å². The van der Waals surface area contributed by atoms with Gasteiger partial charge in [-0.2, -0.15) is 0 Å². The van der Waals surface area contributed by atoms with Crippen LogP contribution in [0.25, 0.3) is 0 Å². The number of rotatable bonds is 5. The van der Waals surface area contributed by atoms with Crippen LogP contribution in [0.3, 0.4) is 0 Å². The molecule has 0 bridgehead atoms. The van der Waals surface area contributed by atoms with Gasteiger partial charge in [-0.05, 0) is 29.8 Å². The first-order valence-corrected chi connectivity index (χ1v) is 7.36. The monoisotopic (exact) mass is 295 g/mol. The van der Waals surface area contributed by atoms with Crippen molar-refractivity contribution in [2.75, 3.05) is 11.8 Å². The summed E-state index contributed by atoms with van der Waals surface area (Å²) in [6.07, 6.45) is 0. The summed E-state index contributed by atoms with van der Waals surface area (Å²) in [6.45, 7) is 0.370. The third kappa shape index (κ3) is 3.34. The Morgan fingerprint density at radius 2 is 1.90 bits per heavy atom. The third-order valence-electron chi connectivity index (χ3n) is 2.62. The fraction of sp³-hybridized carbons (Fsp3) is 0.143. The Morgan fingerprint density at radius 3 is 2.60 bits per heavy atom. The van der Waals surface area contributed by atoms with Crippen LogP contribution in [0.15, 0.2) is 53.4 Å². The van der Waals surface area contributed by atoms with Crippen molar-refractivity contribution >= 4 is 15.7 Å². The number of methoxy groups -OCH3 is 1. The van der Waals surface area contributed by atoms with Crippen molar-refractivity contribution in [3.8, 4) is 0 Å². The molecule has 0 atom stereocenters. The van der Waals surface area contributed by atoms with Gasteiger partial charge in [0.1, 0.15) is 10.7 Å². The first kappa shape index (κ1) is 14.5. The third-order valence-corrected chi connectivity index (χ3v) is 4.03. The molecule has 0 saturated heterocycles. The average molecular weight is 295 g/mol. The molecule has 0 aliphatic rings.